The van der Waals surface area contributed by atoms with Crippen molar-refractivity contribution >= 4 is 11.9 Å². The van der Waals surface area contributed by atoms with Gasteiger partial charge in [-0.05, 0) is 42.8 Å². The second-order valence-electron chi connectivity index (χ2n) is 7.44. The summed E-state index contributed by atoms with van der Waals surface area (Å²) in [6.07, 6.45) is 4.99. The molecule has 0 amide bonds. The van der Waals surface area contributed by atoms with Crippen LogP contribution in [0.5, 0.6) is 11.5 Å². The van der Waals surface area contributed by atoms with Crippen LogP contribution in [-0.4, -0.2) is 22.4 Å². The summed E-state index contributed by atoms with van der Waals surface area (Å²) in [5, 5.41) is 0. The summed E-state index contributed by atoms with van der Waals surface area (Å²) in [4.78, 5) is 19.1. The lowest BCUT2D eigenvalue weighted by molar-refractivity contribution is 0.0876. The second kappa shape index (κ2) is 7.39. The normalized spacial score (nSPS) is 16.7. The highest BCUT2D eigenvalue weighted by molar-refractivity contribution is 6.15. The average molecular weight is 402 g/mol. The van der Waals surface area contributed by atoms with Gasteiger partial charge in [0, 0.05) is 42.2 Å². The minimum atomic E-state index is -0.400. The first kappa shape index (κ1) is 18.5. The first-order chi connectivity index (χ1) is 14.6. The van der Waals surface area contributed by atoms with Crippen LogP contribution in [0.2, 0.25) is 0 Å². The third-order valence-corrected chi connectivity index (χ3v) is 5.35. The number of hydrogen-bond acceptors (Lipinski definition) is 5. The van der Waals surface area contributed by atoms with Gasteiger partial charge in [0.1, 0.15) is 24.0 Å². The molecule has 0 saturated heterocycles. The number of ketones is 1. The number of fused-ring (bicyclic) bond motifs is 2. The number of ether oxygens (including phenoxy) is 2. The minimum absolute atomic E-state index is 0.120. The van der Waals surface area contributed by atoms with Crippen LogP contribution in [-0.2, 0) is 13.1 Å². The van der Waals surface area contributed by atoms with Crippen molar-refractivity contribution in [1.82, 2.24) is 9.88 Å². The van der Waals surface area contributed by atoms with Crippen LogP contribution in [0.3, 0.4) is 0 Å². The quantitative estimate of drug-likeness (QED) is 0.604. The van der Waals surface area contributed by atoms with Gasteiger partial charge in [-0.1, -0.05) is 18.2 Å². The summed E-state index contributed by atoms with van der Waals surface area (Å²) >= 11 is 0. The topological polar surface area (TPSA) is 51.7 Å². The Bertz CT molecular complexity index is 1170. The van der Waals surface area contributed by atoms with Crippen molar-refractivity contribution in [3.63, 3.8) is 0 Å². The molecule has 3 heterocycles. The smallest absolute Gasteiger partial charge is 0.231 e. The molecule has 2 aliphatic rings. The van der Waals surface area contributed by atoms with Gasteiger partial charge in [-0.25, -0.2) is 4.39 Å². The summed E-state index contributed by atoms with van der Waals surface area (Å²) in [6, 6.07) is 12.1. The summed E-state index contributed by atoms with van der Waals surface area (Å²) in [5.41, 5.74) is 3.68. The Hall–Kier alpha value is -3.51. The Morgan fingerprint density at radius 3 is 2.77 bits per heavy atom. The molecule has 5 nitrogen and oxygen atoms in total. The van der Waals surface area contributed by atoms with Gasteiger partial charge in [0.2, 0.25) is 5.78 Å². The molecule has 0 atom stereocenters. The number of rotatable bonds is 3. The van der Waals surface area contributed by atoms with Crippen LogP contribution in [0, 0.1) is 12.7 Å². The number of hydrogen-bond donors (Lipinski definition) is 0. The molecule has 30 heavy (non-hydrogen) atoms. The van der Waals surface area contributed by atoms with Gasteiger partial charge in [0.15, 0.2) is 5.76 Å². The molecular weight excluding hydrogens is 383 g/mol. The molecular formula is C24H19FN2O3. The summed E-state index contributed by atoms with van der Waals surface area (Å²) in [6.45, 7) is 3.71. The molecule has 0 fully saturated rings. The number of allylic oxidation sites excluding steroid dienone is 1. The number of Topliss-reactive ketones (excluding diaryl/α,β-unsaturated/α-hetero) is 1. The SMILES string of the molecule is Cc1c2c(cc3c1OC(=Cc1ccccc1F)C3=O)CN(Cc1ccncc1)CO2. The maximum atomic E-state index is 14.0. The molecule has 0 N–H and O–H groups in total. The maximum absolute atomic E-state index is 14.0. The monoisotopic (exact) mass is 402 g/mol. The minimum Gasteiger partial charge on any atom is -0.477 e. The van der Waals surface area contributed by atoms with E-state index in [9.17, 15) is 9.18 Å². The Balaban J connectivity index is 1.44. The van der Waals surface area contributed by atoms with E-state index < -0.39 is 5.82 Å². The van der Waals surface area contributed by atoms with Crippen LogP contribution in [0.15, 0.2) is 60.6 Å². The lowest BCUT2D eigenvalue weighted by Crippen LogP contribution is -2.32. The van der Waals surface area contributed by atoms with E-state index >= 15 is 0 Å². The fraction of sp³-hybridized carbons (Fsp3) is 0.167. The molecule has 3 aromatic rings. The van der Waals surface area contributed by atoms with E-state index in [0.717, 1.165) is 29.0 Å². The first-order valence-corrected chi connectivity index (χ1v) is 9.69. The van der Waals surface area contributed by atoms with Gasteiger partial charge in [0.05, 0.1) is 5.56 Å². The van der Waals surface area contributed by atoms with Gasteiger partial charge in [-0.2, -0.15) is 0 Å². The van der Waals surface area contributed by atoms with Crippen molar-refractivity contribution in [2.45, 2.75) is 20.0 Å². The molecule has 0 spiro atoms. The zero-order chi connectivity index (χ0) is 20.7. The number of nitrogens with zero attached hydrogens (tertiary/aromatic N) is 2. The summed E-state index contributed by atoms with van der Waals surface area (Å²) < 4.78 is 25.9. The number of carbonyl (C=O) groups is 1. The molecule has 2 aromatic carbocycles. The molecule has 0 aliphatic carbocycles. The first-order valence-electron chi connectivity index (χ1n) is 9.69. The Labute approximate surface area is 173 Å². The van der Waals surface area contributed by atoms with Gasteiger partial charge < -0.3 is 9.47 Å². The van der Waals surface area contributed by atoms with Crippen LogP contribution >= 0.6 is 0 Å². The van der Waals surface area contributed by atoms with Gasteiger partial charge in [0.25, 0.3) is 0 Å². The number of pyridine rings is 1. The third kappa shape index (κ3) is 3.25. The van der Waals surface area contributed by atoms with E-state index in [1.807, 2.05) is 25.1 Å². The van der Waals surface area contributed by atoms with Crippen molar-refractivity contribution in [2.24, 2.45) is 0 Å². The highest BCUT2D eigenvalue weighted by Gasteiger charge is 2.33. The van der Waals surface area contributed by atoms with E-state index in [1.54, 1.807) is 30.6 Å². The lowest BCUT2D eigenvalue weighted by atomic mass is 10.00. The standard InChI is InChI=1S/C24H19FN2O3/c1-15-23-18(13-27(14-29-23)12-16-6-8-26-9-7-16)10-19-22(28)21(30-24(15)19)11-17-4-2-3-5-20(17)25/h2-11H,12-14H2,1H3. The highest BCUT2D eigenvalue weighted by atomic mass is 19.1. The fourth-order valence-electron chi connectivity index (χ4n) is 3.88. The van der Waals surface area contributed by atoms with Crippen molar-refractivity contribution in [2.75, 3.05) is 6.73 Å². The van der Waals surface area contributed by atoms with E-state index in [1.165, 1.54) is 12.1 Å². The molecule has 1 aromatic heterocycles. The van der Waals surface area contributed by atoms with Crippen molar-refractivity contribution in [1.29, 1.82) is 0 Å². The Kier molecular flexibility index (Phi) is 4.56. The average Bonchev–Trinajstić information content (AvgIpc) is 3.06. The Morgan fingerprint density at radius 1 is 1.17 bits per heavy atom. The van der Waals surface area contributed by atoms with Crippen LogP contribution in [0.4, 0.5) is 4.39 Å². The second-order valence-corrected chi connectivity index (χ2v) is 7.44. The van der Waals surface area contributed by atoms with Gasteiger partial charge in [-0.3, -0.25) is 14.7 Å². The van der Waals surface area contributed by atoms with Crippen molar-refractivity contribution < 1.29 is 18.7 Å². The molecule has 0 unspecified atom stereocenters. The van der Waals surface area contributed by atoms with E-state index in [0.29, 0.717) is 30.2 Å². The predicted octanol–water partition coefficient (Wildman–Crippen LogP) is 4.50. The molecule has 0 bridgehead atoms. The predicted molar refractivity (Wildman–Crippen MR) is 109 cm³/mol. The van der Waals surface area contributed by atoms with Crippen molar-refractivity contribution in [3.05, 3.63) is 94.3 Å². The van der Waals surface area contributed by atoms with Crippen LogP contribution in [0.25, 0.3) is 6.08 Å². The van der Waals surface area contributed by atoms with Crippen molar-refractivity contribution in [3.8, 4) is 11.5 Å². The highest BCUT2D eigenvalue weighted by Crippen LogP contribution is 2.43. The maximum Gasteiger partial charge on any atom is 0.231 e. The zero-order valence-electron chi connectivity index (χ0n) is 16.4. The summed E-state index contributed by atoms with van der Waals surface area (Å²) in [5.74, 6) is 0.714. The largest absolute Gasteiger partial charge is 0.477 e. The van der Waals surface area contributed by atoms with Gasteiger partial charge >= 0.3 is 0 Å². The number of carbonyl (C=O) groups excluding carboxylic acids is 1. The van der Waals surface area contributed by atoms with E-state index in [2.05, 4.69) is 9.88 Å². The molecule has 150 valence electrons. The van der Waals surface area contributed by atoms with Gasteiger partial charge in [-0.15, -0.1) is 0 Å². The molecule has 5 rings (SSSR count). The molecule has 2 aliphatic heterocycles. The third-order valence-electron chi connectivity index (χ3n) is 5.35. The number of benzene rings is 2. The van der Waals surface area contributed by atoms with Crippen LogP contribution in [0.1, 0.15) is 32.6 Å². The fourth-order valence-corrected chi connectivity index (χ4v) is 3.88. The van der Waals surface area contributed by atoms with E-state index in [4.69, 9.17) is 9.47 Å². The lowest BCUT2D eigenvalue weighted by Gasteiger charge is -2.30. The van der Waals surface area contributed by atoms with E-state index in [-0.39, 0.29) is 11.5 Å². The summed E-state index contributed by atoms with van der Waals surface area (Å²) in [7, 11) is 0. The zero-order valence-corrected chi connectivity index (χ0v) is 16.4. The molecule has 0 saturated carbocycles. The number of halogens is 1. The molecule has 0 radical (unpaired) electrons. The van der Waals surface area contributed by atoms with Crippen LogP contribution < -0.4 is 9.47 Å². The number of aromatic nitrogens is 1. The Morgan fingerprint density at radius 2 is 1.97 bits per heavy atom. The molecule has 6 heteroatoms.